The molecule has 0 aliphatic carbocycles. The molecule has 1 aliphatic rings. The molecule has 4 aromatic rings. The lowest BCUT2D eigenvalue weighted by atomic mass is 10.0. The number of carbonyl (C=O) groups excluding carboxylic acids is 2. The fourth-order valence-corrected chi connectivity index (χ4v) is 5.90. The van der Waals surface area contributed by atoms with Crippen LogP contribution < -0.4 is 15.3 Å². The summed E-state index contributed by atoms with van der Waals surface area (Å²) < 4.78 is 0.370. The van der Waals surface area contributed by atoms with Crippen LogP contribution >= 0.6 is 0 Å². The van der Waals surface area contributed by atoms with Crippen molar-refractivity contribution in [2.24, 2.45) is 5.92 Å². The van der Waals surface area contributed by atoms with E-state index in [9.17, 15) is 9.59 Å². The first-order valence-corrected chi connectivity index (χ1v) is 14.3. The minimum Gasteiger partial charge on any atom is -0.339 e. The van der Waals surface area contributed by atoms with Crippen LogP contribution in [0.4, 0.5) is 5.69 Å². The number of aromatic nitrogens is 2. The second kappa shape index (κ2) is 12.0. The lowest BCUT2D eigenvalue weighted by Crippen LogP contribution is -2.67. The minimum atomic E-state index is -0.687. The number of rotatable bonds is 9. The number of fused-ring (bicyclic) bond motifs is 1. The van der Waals surface area contributed by atoms with E-state index in [-0.39, 0.29) is 23.8 Å². The number of carbonyl (C=O) groups is 2. The van der Waals surface area contributed by atoms with E-state index < -0.39 is 6.04 Å². The maximum atomic E-state index is 14.0. The van der Waals surface area contributed by atoms with Crippen LogP contribution in [0.5, 0.6) is 0 Å². The van der Waals surface area contributed by atoms with Crippen LogP contribution in [0.1, 0.15) is 56.9 Å². The molecule has 3 heterocycles. The van der Waals surface area contributed by atoms with E-state index in [1.807, 2.05) is 54.6 Å². The largest absolute Gasteiger partial charge is 0.339 e. The normalized spacial score (nSPS) is 19.4. The quantitative estimate of drug-likeness (QED) is 0.255. The third kappa shape index (κ3) is 5.75. The molecule has 2 unspecified atom stereocenters. The zero-order valence-electron chi connectivity index (χ0n) is 23.5. The molecule has 7 nitrogen and oxygen atoms in total. The summed E-state index contributed by atoms with van der Waals surface area (Å²) in [5, 5.41) is 3.98. The molecule has 7 heteroatoms. The smallest absolute Gasteiger partial charge is 0.287 e. The van der Waals surface area contributed by atoms with Gasteiger partial charge in [0.1, 0.15) is 24.3 Å². The Morgan fingerprint density at radius 1 is 1.00 bits per heavy atom. The predicted octanol–water partition coefficient (Wildman–Crippen LogP) is 6.05. The fourth-order valence-electron chi connectivity index (χ4n) is 5.90. The van der Waals surface area contributed by atoms with Gasteiger partial charge in [-0.25, -0.2) is 4.98 Å². The van der Waals surface area contributed by atoms with E-state index in [1.165, 1.54) is 0 Å². The molecule has 0 radical (unpaired) electrons. The third-order valence-electron chi connectivity index (χ3n) is 7.88. The van der Waals surface area contributed by atoms with Gasteiger partial charge in [-0.3, -0.25) is 14.6 Å². The molecule has 0 saturated carbocycles. The number of nitrogens with zero attached hydrogens (tertiary/aromatic N) is 3. The Kier molecular flexibility index (Phi) is 8.21. The molecule has 0 bridgehead atoms. The Bertz CT molecular complexity index is 1490. The molecule has 0 spiro atoms. The Labute approximate surface area is 236 Å². The molecular weight excluding hydrogens is 498 g/mol. The van der Waals surface area contributed by atoms with Gasteiger partial charge in [0.25, 0.3) is 11.8 Å². The Morgan fingerprint density at radius 3 is 2.60 bits per heavy atom. The Morgan fingerprint density at radius 2 is 1.82 bits per heavy atom. The van der Waals surface area contributed by atoms with E-state index in [0.717, 1.165) is 53.7 Å². The highest BCUT2D eigenvalue weighted by Crippen LogP contribution is 2.36. The molecule has 2 amide bonds. The highest BCUT2D eigenvalue weighted by molar-refractivity contribution is 5.98. The van der Waals surface area contributed by atoms with Gasteiger partial charge in [0.05, 0.1) is 11.2 Å². The van der Waals surface area contributed by atoms with Gasteiger partial charge >= 0.3 is 0 Å². The van der Waals surface area contributed by atoms with Gasteiger partial charge in [-0.1, -0.05) is 63.2 Å². The summed E-state index contributed by atoms with van der Waals surface area (Å²) in [4.78, 5) is 36.4. The molecule has 5 rings (SSSR count). The molecule has 1 aliphatic heterocycles. The molecule has 1 fully saturated rings. The molecule has 2 aromatic heterocycles. The van der Waals surface area contributed by atoms with Gasteiger partial charge in [0, 0.05) is 42.1 Å². The first kappa shape index (κ1) is 27.5. The van der Waals surface area contributed by atoms with Gasteiger partial charge in [0.15, 0.2) is 5.69 Å². The number of amides is 2. The maximum Gasteiger partial charge on any atom is 0.287 e. The third-order valence-corrected chi connectivity index (χ3v) is 7.88. The second-order valence-electron chi connectivity index (χ2n) is 11.1. The van der Waals surface area contributed by atoms with E-state index in [2.05, 4.69) is 59.7 Å². The first-order valence-electron chi connectivity index (χ1n) is 14.3. The standard InChI is InChI=1S/C33H37N5O2/c1-4-26-14-10-20-38(26,27-13-9-12-25(22-27)28-15-7-8-19-34-28)37-33(40)31(21-23(2)3)36-32(39)30-18-17-24-11-5-6-16-29(24)35-30/h5-9,11-13,15-19,22-23,26,31H,4,10,14,20-21H2,1-3H3,(H-,36,37,39,40)/p+1/t26?,31-,38?/m0/s1. The maximum absolute atomic E-state index is 14.0. The topological polar surface area (TPSA) is 84.0 Å². The Balaban J connectivity index is 1.43. The number of nitrogens with one attached hydrogen (secondary N) is 2. The predicted molar refractivity (Wildman–Crippen MR) is 160 cm³/mol. The van der Waals surface area contributed by atoms with Crippen LogP contribution in [-0.4, -0.2) is 40.4 Å². The van der Waals surface area contributed by atoms with Gasteiger partial charge in [-0.2, -0.15) is 10.0 Å². The summed E-state index contributed by atoms with van der Waals surface area (Å²) in [6, 6.07) is 25.1. The summed E-state index contributed by atoms with van der Waals surface area (Å²) >= 11 is 0. The van der Waals surface area contributed by atoms with Crippen molar-refractivity contribution in [3.8, 4) is 11.3 Å². The van der Waals surface area contributed by atoms with E-state index in [4.69, 9.17) is 0 Å². The van der Waals surface area contributed by atoms with Crippen molar-refractivity contribution in [1.82, 2.24) is 25.3 Å². The SMILES string of the molecule is CCC1CCC[N+]1(NC(=O)[C@H](CC(C)C)NC(=O)c1ccc2ccccc2n1)c1cccc(-c2ccccn2)c1. The highest BCUT2D eigenvalue weighted by Gasteiger charge is 2.46. The zero-order valence-corrected chi connectivity index (χ0v) is 23.5. The number of para-hydroxylation sites is 1. The number of hydrogen-bond donors (Lipinski definition) is 2. The number of quaternary nitrogens is 1. The average molecular weight is 537 g/mol. The van der Waals surface area contributed by atoms with Crippen molar-refractivity contribution in [3.05, 3.63) is 90.8 Å². The van der Waals surface area contributed by atoms with Crippen molar-refractivity contribution < 1.29 is 9.59 Å². The zero-order chi connectivity index (χ0) is 28.1. The van der Waals surface area contributed by atoms with E-state index in [0.29, 0.717) is 16.7 Å². The first-order chi connectivity index (χ1) is 19.4. The lowest BCUT2D eigenvalue weighted by molar-refractivity contribution is -0.128. The summed E-state index contributed by atoms with van der Waals surface area (Å²) in [5.41, 5.74) is 7.42. The van der Waals surface area contributed by atoms with Crippen LogP contribution in [0.2, 0.25) is 0 Å². The molecule has 1 saturated heterocycles. The molecule has 206 valence electrons. The minimum absolute atomic E-state index is 0.175. The summed E-state index contributed by atoms with van der Waals surface area (Å²) in [6.07, 6.45) is 5.27. The number of pyridine rings is 2. The number of hydrogen-bond acceptors (Lipinski definition) is 4. The van der Waals surface area contributed by atoms with Crippen LogP contribution in [0, 0.1) is 5.92 Å². The second-order valence-corrected chi connectivity index (χ2v) is 11.1. The number of benzene rings is 2. The van der Waals surface area contributed by atoms with Crippen molar-refractivity contribution in [2.75, 3.05) is 6.54 Å². The lowest BCUT2D eigenvalue weighted by Gasteiger charge is -2.39. The summed E-state index contributed by atoms with van der Waals surface area (Å²) in [6.45, 7) is 7.10. The van der Waals surface area contributed by atoms with Gasteiger partial charge in [-0.05, 0) is 43.0 Å². The molecular formula is C33H38N5O2+. The summed E-state index contributed by atoms with van der Waals surface area (Å²) in [5.74, 6) is -0.308. The molecule has 3 atom stereocenters. The van der Waals surface area contributed by atoms with Crippen molar-refractivity contribution in [3.63, 3.8) is 0 Å². The van der Waals surface area contributed by atoms with E-state index in [1.54, 1.807) is 12.3 Å². The van der Waals surface area contributed by atoms with E-state index >= 15 is 0 Å². The molecule has 2 aromatic carbocycles. The van der Waals surface area contributed by atoms with Crippen LogP contribution in [0.25, 0.3) is 22.2 Å². The van der Waals surface area contributed by atoms with Gasteiger partial charge in [0.2, 0.25) is 0 Å². The van der Waals surface area contributed by atoms with Crippen molar-refractivity contribution in [1.29, 1.82) is 0 Å². The Hall–Kier alpha value is -4.10. The molecule has 40 heavy (non-hydrogen) atoms. The van der Waals surface area contributed by atoms with Crippen molar-refractivity contribution in [2.45, 2.75) is 58.5 Å². The fraction of sp³-hybridized carbons (Fsp3) is 0.333. The average Bonchev–Trinajstić information content (AvgIpc) is 3.40. The van der Waals surface area contributed by atoms with Gasteiger partial charge in [-0.15, -0.1) is 0 Å². The molecule has 2 N–H and O–H groups in total. The van der Waals surface area contributed by atoms with Crippen LogP contribution in [0.15, 0.2) is 85.1 Å². The van der Waals surface area contributed by atoms with Gasteiger partial charge < -0.3 is 5.32 Å². The summed E-state index contributed by atoms with van der Waals surface area (Å²) in [7, 11) is 0. The van der Waals surface area contributed by atoms with Crippen molar-refractivity contribution >= 4 is 28.4 Å². The monoisotopic (exact) mass is 536 g/mol. The van der Waals surface area contributed by atoms with Crippen LogP contribution in [-0.2, 0) is 4.79 Å². The highest BCUT2D eigenvalue weighted by atomic mass is 16.2. The van der Waals surface area contributed by atoms with Crippen LogP contribution in [0.3, 0.4) is 0 Å².